The Morgan fingerprint density at radius 3 is 0.549 bits per heavy atom. The molecule has 71 heavy (non-hydrogen) atoms. The van der Waals surface area contributed by atoms with Crippen LogP contribution >= 0.6 is 0 Å². The lowest BCUT2D eigenvalue weighted by Gasteiger charge is -2.56. The standard InChI is InChI=1S/C60H120O4Si7/c1-65(2,61-69(53-33-17-9-18-34-53,54-35-19-10-20-36-54)55-37-21-11-22-38-55)49-51-67(5,6)63-71(59-45-29-15-30-46-59,60-47-31-16-32-48-60)64-68(7,8)52-50-66(3,4)62-70(56-39-23-12-24-40-56,57-41-25-13-26-42-57)58-43-27-14-28-44-58/h53-60H,9-52H2,1-8H3. The SMILES string of the molecule is C[Si](C)(CC[Si](C)(C)O[Si](C1CCCCC1)(C1CCCCC1)C1CCCCC1)O[Si](O[Si](C)(C)CC[Si](C)(C)O[Si](C1CCCCC1)(C1CCCCC1)C1CCCCC1)(C1CCCCC1)C1CCCCC1. The van der Waals surface area contributed by atoms with Gasteiger partial charge in [0.05, 0.1) is 0 Å². The van der Waals surface area contributed by atoms with E-state index in [1.54, 1.807) is 0 Å². The predicted octanol–water partition coefficient (Wildman–Crippen LogP) is 21.9. The lowest BCUT2D eigenvalue weighted by Crippen LogP contribution is -2.63. The molecule has 4 nitrogen and oxygen atoms in total. The minimum atomic E-state index is -2.62. The van der Waals surface area contributed by atoms with E-state index in [4.69, 9.17) is 16.5 Å². The summed E-state index contributed by atoms with van der Waals surface area (Å²) in [6.45, 7) is 21.7. The number of hydrogen-bond acceptors (Lipinski definition) is 4. The van der Waals surface area contributed by atoms with Crippen molar-refractivity contribution in [1.29, 1.82) is 0 Å². The van der Waals surface area contributed by atoms with Crippen molar-refractivity contribution in [2.75, 3.05) is 0 Å². The molecule has 0 bridgehead atoms. The fourth-order valence-corrected chi connectivity index (χ4v) is 66.7. The van der Waals surface area contributed by atoms with E-state index in [2.05, 4.69) is 52.4 Å². The minimum absolute atomic E-state index is 0.689. The topological polar surface area (TPSA) is 36.9 Å². The average molecular weight is 1100 g/mol. The van der Waals surface area contributed by atoms with Crippen LogP contribution in [-0.4, -0.2) is 58.5 Å². The van der Waals surface area contributed by atoms with Crippen LogP contribution in [0.25, 0.3) is 0 Å². The maximum Gasteiger partial charge on any atom is 0.324 e. The summed E-state index contributed by atoms with van der Waals surface area (Å²) >= 11 is 0. The smallest absolute Gasteiger partial charge is 0.324 e. The molecule has 0 heterocycles. The minimum Gasteiger partial charge on any atom is -0.455 e. The van der Waals surface area contributed by atoms with E-state index in [1.165, 1.54) is 281 Å². The first-order chi connectivity index (χ1) is 34.1. The van der Waals surface area contributed by atoms with Crippen molar-refractivity contribution in [3.8, 4) is 0 Å². The molecule has 0 aliphatic heterocycles. The molecule has 0 N–H and O–H groups in total. The molecule has 0 atom stereocenters. The summed E-state index contributed by atoms with van der Waals surface area (Å²) in [5.74, 6) is 0. The van der Waals surface area contributed by atoms with Gasteiger partial charge >= 0.3 is 8.56 Å². The highest BCUT2D eigenvalue weighted by Crippen LogP contribution is 2.61. The van der Waals surface area contributed by atoms with Crippen LogP contribution < -0.4 is 0 Å². The average Bonchev–Trinajstić information content (AvgIpc) is 3.40. The third-order valence-electron chi connectivity index (χ3n) is 22.2. The largest absolute Gasteiger partial charge is 0.455 e. The van der Waals surface area contributed by atoms with Crippen LogP contribution in [0.5, 0.6) is 0 Å². The highest BCUT2D eigenvalue weighted by Gasteiger charge is 2.61. The van der Waals surface area contributed by atoms with Crippen molar-refractivity contribution in [1.82, 2.24) is 0 Å². The molecule has 0 unspecified atom stereocenters. The van der Waals surface area contributed by atoms with Gasteiger partial charge in [-0.2, -0.15) is 0 Å². The Morgan fingerprint density at radius 2 is 0.366 bits per heavy atom. The maximum absolute atomic E-state index is 8.52. The van der Waals surface area contributed by atoms with Crippen LogP contribution in [0.2, 0.25) is 121 Å². The van der Waals surface area contributed by atoms with Crippen molar-refractivity contribution in [3.63, 3.8) is 0 Å². The van der Waals surface area contributed by atoms with Gasteiger partial charge in [0.15, 0.2) is 49.9 Å². The zero-order valence-corrected chi connectivity index (χ0v) is 55.9. The first kappa shape index (κ1) is 58.5. The molecule has 0 spiro atoms. The van der Waals surface area contributed by atoms with E-state index < -0.39 is 58.5 Å². The Hall–Kier alpha value is 1.36. The summed E-state index contributed by atoms with van der Waals surface area (Å²) in [4.78, 5) is 0. The molecule has 0 aromatic carbocycles. The summed E-state index contributed by atoms with van der Waals surface area (Å²) in [5.41, 5.74) is 6.95. The molecular weight excluding hydrogens is 981 g/mol. The van der Waals surface area contributed by atoms with Gasteiger partial charge < -0.3 is 16.5 Å². The van der Waals surface area contributed by atoms with E-state index in [1.807, 2.05) is 0 Å². The number of rotatable bonds is 22. The molecule has 0 saturated heterocycles. The molecule has 8 fully saturated rings. The third kappa shape index (κ3) is 15.0. The lowest BCUT2D eigenvalue weighted by molar-refractivity contribution is 0.282. The zero-order valence-electron chi connectivity index (χ0n) is 48.9. The van der Waals surface area contributed by atoms with E-state index in [0.717, 1.165) is 33.2 Å². The number of hydrogen-bond donors (Lipinski definition) is 0. The first-order valence-electron chi connectivity index (χ1n) is 32.9. The van der Waals surface area contributed by atoms with E-state index in [-0.39, 0.29) is 0 Å². The van der Waals surface area contributed by atoms with E-state index in [0.29, 0.717) is 11.1 Å². The highest BCUT2D eigenvalue weighted by atomic mass is 28.5. The summed E-state index contributed by atoms with van der Waals surface area (Å²) in [7, 11) is -14.9. The molecule has 8 rings (SSSR count). The van der Waals surface area contributed by atoms with E-state index >= 15 is 0 Å². The Morgan fingerprint density at radius 1 is 0.211 bits per heavy atom. The summed E-state index contributed by atoms with van der Waals surface area (Å²) in [6.07, 6.45) is 58.5. The van der Waals surface area contributed by atoms with Gasteiger partial charge in [0.25, 0.3) is 0 Å². The van der Waals surface area contributed by atoms with Crippen LogP contribution in [0, 0.1) is 0 Å². The fourth-order valence-electron chi connectivity index (χ4n) is 18.7. The Bertz CT molecular complexity index is 1340. The maximum atomic E-state index is 8.52. The van der Waals surface area contributed by atoms with Gasteiger partial charge in [0.2, 0.25) is 0 Å². The highest BCUT2D eigenvalue weighted by molar-refractivity contribution is 6.93. The Kier molecular flexibility index (Phi) is 21.9. The van der Waals surface area contributed by atoms with Crippen LogP contribution in [0.4, 0.5) is 0 Å². The quantitative estimate of drug-likeness (QED) is 0.101. The van der Waals surface area contributed by atoms with Gasteiger partial charge in [0.1, 0.15) is 0 Å². The predicted molar refractivity (Wildman–Crippen MR) is 325 cm³/mol. The summed E-state index contributed by atoms with van der Waals surface area (Å²) < 4.78 is 34.1. The van der Waals surface area contributed by atoms with Gasteiger partial charge in [-0.15, -0.1) is 0 Å². The molecule has 11 heteroatoms. The van der Waals surface area contributed by atoms with Crippen LogP contribution in [0.3, 0.4) is 0 Å². The lowest BCUT2D eigenvalue weighted by atomic mass is 9.98. The van der Waals surface area contributed by atoms with Crippen molar-refractivity contribution < 1.29 is 16.5 Å². The molecule has 0 radical (unpaired) electrons. The van der Waals surface area contributed by atoms with Crippen molar-refractivity contribution >= 4 is 58.5 Å². The van der Waals surface area contributed by atoms with Crippen LogP contribution in [-0.2, 0) is 16.5 Å². The van der Waals surface area contributed by atoms with E-state index in [9.17, 15) is 0 Å². The second-order valence-corrected chi connectivity index (χ2v) is 60.3. The second kappa shape index (κ2) is 26.5. The van der Waals surface area contributed by atoms with Gasteiger partial charge in [-0.05, 0) is 135 Å². The van der Waals surface area contributed by atoms with Gasteiger partial charge in [0, 0.05) is 11.1 Å². The molecule has 412 valence electrons. The van der Waals surface area contributed by atoms with Crippen molar-refractivity contribution in [3.05, 3.63) is 0 Å². The monoisotopic (exact) mass is 1100 g/mol. The molecule has 8 aliphatic carbocycles. The normalized spacial score (nSPS) is 26.0. The third-order valence-corrected chi connectivity index (χ3v) is 57.8. The molecular formula is C60H120O4Si7. The first-order valence-corrected chi connectivity index (χ1v) is 51.6. The summed E-state index contributed by atoms with van der Waals surface area (Å²) in [5, 5.41) is 0. The molecule has 0 aromatic rings. The van der Waals surface area contributed by atoms with Crippen LogP contribution in [0.1, 0.15) is 257 Å². The summed E-state index contributed by atoms with van der Waals surface area (Å²) in [6, 6.07) is 5.22. The van der Waals surface area contributed by atoms with Gasteiger partial charge in [-0.3, -0.25) is 0 Å². The Balaban J connectivity index is 1.04. The zero-order chi connectivity index (χ0) is 50.1. The van der Waals surface area contributed by atoms with Gasteiger partial charge in [-0.25, -0.2) is 0 Å². The fraction of sp³-hybridized carbons (Fsp3) is 1.00. The van der Waals surface area contributed by atoms with Gasteiger partial charge in [-0.1, -0.05) is 231 Å². The second-order valence-electron chi connectivity index (χ2n) is 29.6. The Labute approximate surface area is 449 Å². The van der Waals surface area contributed by atoms with Crippen LogP contribution in [0.15, 0.2) is 0 Å². The molecule has 0 aromatic heterocycles. The molecule has 8 aliphatic rings. The van der Waals surface area contributed by atoms with Crippen molar-refractivity contribution in [2.24, 2.45) is 0 Å². The molecule has 8 saturated carbocycles. The molecule has 0 amide bonds. The van der Waals surface area contributed by atoms with Crippen molar-refractivity contribution in [2.45, 2.75) is 378 Å².